The standard InChI is InChI=1S/C6H11N5OS/c1-4-9-5(12-11-4)2-3-8-6(13)10-7/h2-3,7H2,1H3,(H2,8,10,13). The van der Waals surface area contributed by atoms with Gasteiger partial charge in [-0.1, -0.05) is 5.16 Å². The van der Waals surface area contributed by atoms with E-state index in [1.165, 1.54) is 0 Å². The molecule has 1 rings (SSSR count). The van der Waals surface area contributed by atoms with Crippen molar-refractivity contribution in [1.29, 1.82) is 0 Å². The van der Waals surface area contributed by atoms with Crippen LogP contribution in [0.4, 0.5) is 0 Å². The Morgan fingerprint density at radius 3 is 3.00 bits per heavy atom. The maximum absolute atomic E-state index is 5.05. The lowest BCUT2D eigenvalue weighted by Crippen LogP contribution is -2.40. The molecule has 0 saturated heterocycles. The summed E-state index contributed by atoms with van der Waals surface area (Å²) < 4.78 is 4.88. The van der Waals surface area contributed by atoms with Gasteiger partial charge in [-0.15, -0.1) is 0 Å². The molecule has 0 bridgehead atoms. The molecular formula is C6H11N5OS. The van der Waals surface area contributed by atoms with E-state index in [-0.39, 0.29) is 0 Å². The minimum absolute atomic E-state index is 0.399. The summed E-state index contributed by atoms with van der Waals surface area (Å²) >= 11 is 4.76. The smallest absolute Gasteiger partial charge is 0.228 e. The zero-order chi connectivity index (χ0) is 9.68. The van der Waals surface area contributed by atoms with Gasteiger partial charge in [-0.3, -0.25) is 0 Å². The number of rotatable bonds is 3. The lowest BCUT2D eigenvalue weighted by atomic mass is 10.4. The van der Waals surface area contributed by atoms with Crippen molar-refractivity contribution >= 4 is 17.3 Å². The molecule has 6 nitrogen and oxygen atoms in total. The average molecular weight is 201 g/mol. The van der Waals surface area contributed by atoms with Gasteiger partial charge in [0.2, 0.25) is 5.89 Å². The summed E-state index contributed by atoms with van der Waals surface area (Å²) in [7, 11) is 0. The van der Waals surface area contributed by atoms with E-state index in [0.717, 1.165) is 0 Å². The van der Waals surface area contributed by atoms with Crippen LogP contribution in [-0.2, 0) is 6.42 Å². The Bertz CT molecular complexity index is 286. The minimum atomic E-state index is 0.399. The van der Waals surface area contributed by atoms with Crippen LogP contribution in [0.15, 0.2) is 4.52 Å². The molecule has 0 aliphatic heterocycles. The molecule has 1 aromatic rings. The molecule has 0 aliphatic carbocycles. The lowest BCUT2D eigenvalue weighted by Gasteiger charge is -2.03. The quantitative estimate of drug-likeness (QED) is 0.337. The monoisotopic (exact) mass is 201 g/mol. The van der Waals surface area contributed by atoms with Crippen molar-refractivity contribution < 1.29 is 4.52 Å². The maximum Gasteiger partial charge on any atom is 0.228 e. The zero-order valence-electron chi connectivity index (χ0n) is 7.20. The first-order chi connectivity index (χ1) is 6.22. The van der Waals surface area contributed by atoms with Crippen molar-refractivity contribution in [3.05, 3.63) is 11.7 Å². The van der Waals surface area contributed by atoms with Gasteiger partial charge in [-0.2, -0.15) is 4.98 Å². The van der Waals surface area contributed by atoms with Crippen LogP contribution < -0.4 is 16.6 Å². The highest BCUT2D eigenvalue weighted by Gasteiger charge is 2.01. The van der Waals surface area contributed by atoms with Crippen molar-refractivity contribution in [3.63, 3.8) is 0 Å². The Kier molecular flexibility index (Phi) is 3.59. The summed E-state index contributed by atoms with van der Waals surface area (Å²) in [5.41, 5.74) is 2.31. The number of hydrogen-bond acceptors (Lipinski definition) is 5. The second kappa shape index (κ2) is 4.73. The summed E-state index contributed by atoms with van der Waals surface area (Å²) in [6.45, 7) is 2.39. The molecule has 0 aromatic carbocycles. The topological polar surface area (TPSA) is 89.0 Å². The molecule has 1 heterocycles. The van der Waals surface area contributed by atoms with Crippen LogP contribution in [0, 0.1) is 6.92 Å². The fraction of sp³-hybridized carbons (Fsp3) is 0.500. The van der Waals surface area contributed by atoms with E-state index in [9.17, 15) is 0 Å². The third-order valence-corrected chi connectivity index (χ3v) is 1.59. The van der Waals surface area contributed by atoms with E-state index in [1.807, 2.05) is 0 Å². The lowest BCUT2D eigenvalue weighted by molar-refractivity contribution is 0.374. The van der Waals surface area contributed by atoms with Crippen molar-refractivity contribution in [2.24, 2.45) is 5.84 Å². The van der Waals surface area contributed by atoms with Gasteiger partial charge in [0.05, 0.1) is 0 Å². The van der Waals surface area contributed by atoms with Gasteiger partial charge in [-0.25, -0.2) is 5.84 Å². The molecule has 72 valence electrons. The first kappa shape index (κ1) is 9.87. The predicted octanol–water partition coefficient (Wildman–Crippen LogP) is -0.742. The van der Waals surface area contributed by atoms with E-state index in [2.05, 4.69) is 20.9 Å². The van der Waals surface area contributed by atoms with E-state index in [1.54, 1.807) is 6.92 Å². The highest BCUT2D eigenvalue weighted by atomic mass is 32.1. The van der Waals surface area contributed by atoms with Gasteiger partial charge in [0.25, 0.3) is 0 Å². The number of aromatic nitrogens is 2. The summed E-state index contributed by atoms with van der Waals surface area (Å²) in [5, 5.41) is 6.90. The molecular weight excluding hydrogens is 190 g/mol. The zero-order valence-corrected chi connectivity index (χ0v) is 8.02. The fourth-order valence-electron chi connectivity index (χ4n) is 0.776. The van der Waals surface area contributed by atoms with E-state index in [0.29, 0.717) is 29.8 Å². The molecule has 7 heteroatoms. The van der Waals surface area contributed by atoms with Gasteiger partial charge in [-0.05, 0) is 19.1 Å². The Hall–Kier alpha value is -1.21. The number of nitrogens with two attached hydrogens (primary N) is 1. The summed E-state index contributed by atoms with van der Waals surface area (Å²) in [4.78, 5) is 4.02. The highest BCUT2D eigenvalue weighted by Crippen LogP contribution is 1.95. The van der Waals surface area contributed by atoms with Crippen LogP contribution in [0.25, 0.3) is 0 Å². The van der Waals surface area contributed by atoms with Crippen LogP contribution >= 0.6 is 12.2 Å². The maximum atomic E-state index is 5.05. The van der Waals surface area contributed by atoms with Crippen LogP contribution in [0.2, 0.25) is 0 Å². The molecule has 0 amide bonds. The average Bonchev–Trinajstić information content (AvgIpc) is 2.51. The second-order valence-electron chi connectivity index (χ2n) is 2.39. The summed E-state index contributed by atoms with van der Waals surface area (Å²) in [6.07, 6.45) is 0.628. The molecule has 1 aromatic heterocycles. The third-order valence-electron chi connectivity index (χ3n) is 1.33. The molecule has 0 unspecified atom stereocenters. The van der Waals surface area contributed by atoms with E-state index < -0.39 is 0 Å². The van der Waals surface area contributed by atoms with Gasteiger partial charge < -0.3 is 15.3 Å². The van der Waals surface area contributed by atoms with Crippen molar-refractivity contribution in [2.75, 3.05) is 6.54 Å². The van der Waals surface area contributed by atoms with Crippen LogP contribution in [0.5, 0.6) is 0 Å². The van der Waals surface area contributed by atoms with Crippen molar-refractivity contribution in [1.82, 2.24) is 20.9 Å². The van der Waals surface area contributed by atoms with Crippen molar-refractivity contribution in [2.45, 2.75) is 13.3 Å². The van der Waals surface area contributed by atoms with E-state index in [4.69, 9.17) is 22.6 Å². The first-order valence-corrected chi connectivity index (χ1v) is 4.17. The van der Waals surface area contributed by atoms with E-state index >= 15 is 0 Å². The molecule has 0 atom stereocenters. The van der Waals surface area contributed by atoms with Crippen LogP contribution in [0.1, 0.15) is 11.7 Å². The van der Waals surface area contributed by atoms with Gasteiger partial charge in [0, 0.05) is 13.0 Å². The molecule has 4 N–H and O–H groups in total. The second-order valence-corrected chi connectivity index (χ2v) is 2.79. The summed E-state index contributed by atoms with van der Waals surface area (Å²) in [6, 6.07) is 0. The molecule has 0 fully saturated rings. The number of nitrogens with one attached hydrogen (secondary N) is 2. The largest absolute Gasteiger partial charge is 0.361 e. The van der Waals surface area contributed by atoms with Crippen LogP contribution in [-0.4, -0.2) is 21.8 Å². The number of thiocarbonyl (C=S) groups is 1. The van der Waals surface area contributed by atoms with Gasteiger partial charge in [0.15, 0.2) is 10.9 Å². The molecule has 0 aliphatic rings. The SMILES string of the molecule is Cc1noc(CCNC(=S)NN)n1. The predicted molar refractivity (Wildman–Crippen MR) is 50.7 cm³/mol. The highest BCUT2D eigenvalue weighted by molar-refractivity contribution is 7.80. The molecule has 0 saturated carbocycles. The number of hydrazine groups is 1. The number of nitrogens with zero attached hydrogens (tertiary/aromatic N) is 2. The molecule has 13 heavy (non-hydrogen) atoms. The van der Waals surface area contributed by atoms with Gasteiger partial charge >= 0.3 is 0 Å². The molecule has 0 radical (unpaired) electrons. The fourth-order valence-corrected chi connectivity index (χ4v) is 0.878. The number of aryl methyl sites for hydroxylation is 1. The third kappa shape index (κ3) is 3.34. The van der Waals surface area contributed by atoms with Crippen molar-refractivity contribution in [3.8, 4) is 0 Å². The Balaban J connectivity index is 2.24. The molecule has 0 spiro atoms. The van der Waals surface area contributed by atoms with Gasteiger partial charge in [0.1, 0.15) is 0 Å². The Morgan fingerprint density at radius 1 is 1.69 bits per heavy atom. The number of hydrogen-bond donors (Lipinski definition) is 3. The Labute approximate surface area is 80.8 Å². The van der Waals surface area contributed by atoms with Crippen LogP contribution in [0.3, 0.4) is 0 Å². The normalized spacial score (nSPS) is 9.69. The Morgan fingerprint density at radius 2 is 2.46 bits per heavy atom. The minimum Gasteiger partial charge on any atom is -0.361 e. The summed E-state index contributed by atoms with van der Waals surface area (Å²) in [5.74, 6) is 6.27. The first-order valence-electron chi connectivity index (χ1n) is 3.76.